The van der Waals surface area contributed by atoms with E-state index in [2.05, 4.69) is 15.8 Å². The van der Waals surface area contributed by atoms with Gasteiger partial charge in [0.25, 0.3) is 5.91 Å². The van der Waals surface area contributed by atoms with Crippen LogP contribution in [0.25, 0.3) is 11.0 Å². The Bertz CT molecular complexity index is 1420. The Morgan fingerprint density at radius 2 is 1.86 bits per heavy atom. The van der Waals surface area contributed by atoms with E-state index in [1.54, 1.807) is 42.5 Å². The second-order valence-electron chi connectivity index (χ2n) is 7.48. The lowest BCUT2D eigenvalue weighted by Crippen LogP contribution is -2.20. The Hall–Kier alpha value is -4.37. The number of amides is 2. The fraction of sp³-hybridized carbons (Fsp3) is 0.115. The lowest BCUT2D eigenvalue weighted by molar-refractivity contribution is -0.118. The summed E-state index contributed by atoms with van der Waals surface area (Å²) in [5.74, 6) is -0.250. The standard InChI is InChI=1S/C26H21ClFN3O5/c1-2-34-20-8-10-22-17(12-20)13-24(36-22)26(33)31-29-14-16-3-9-23(21(27)11-16)35-15-25(32)30-19-6-4-18(28)5-7-19/h3-14H,2,15H2,1H3,(H,30,32)(H,31,33)/b29-14+. The third kappa shape index (κ3) is 6.39. The van der Waals surface area contributed by atoms with Crippen LogP contribution in [0.15, 0.2) is 76.2 Å². The SMILES string of the molecule is CCOc1ccc2oc(C(=O)N/N=C/c3ccc(OCC(=O)Nc4ccc(F)cc4)c(Cl)c3)cc2c1. The van der Waals surface area contributed by atoms with Gasteiger partial charge in [-0.05, 0) is 79.2 Å². The van der Waals surface area contributed by atoms with E-state index in [-0.39, 0.29) is 17.4 Å². The fourth-order valence-electron chi connectivity index (χ4n) is 3.20. The largest absolute Gasteiger partial charge is 0.494 e. The number of anilines is 1. The first-order chi connectivity index (χ1) is 17.4. The lowest BCUT2D eigenvalue weighted by Gasteiger charge is -2.09. The zero-order valence-corrected chi connectivity index (χ0v) is 19.8. The molecule has 184 valence electrons. The number of rotatable bonds is 9. The second kappa shape index (κ2) is 11.4. The quantitative estimate of drug-likeness (QED) is 0.232. The molecule has 0 radical (unpaired) electrons. The molecule has 0 bridgehead atoms. The third-order valence-corrected chi connectivity index (χ3v) is 5.14. The van der Waals surface area contributed by atoms with Crippen molar-refractivity contribution >= 4 is 46.3 Å². The van der Waals surface area contributed by atoms with E-state index in [1.165, 1.54) is 30.5 Å². The molecule has 0 aliphatic heterocycles. The van der Waals surface area contributed by atoms with Crippen molar-refractivity contribution < 1.29 is 27.9 Å². The summed E-state index contributed by atoms with van der Waals surface area (Å²) in [5, 5.41) is 7.52. The van der Waals surface area contributed by atoms with Crippen LogP contribution in [0, 0.1) is 5.82 Å². The van der Waals surface area contributed by atoms with Crippen molar-refractivity contribution in [3.05, 3.63) is 88.9 Å². The zero-order chi connectivity index (χ0) is 25.5. The number of hydrogen-bond donors (Lipinski definition) is 2. The monoisotopic (exact) mass is 509 g/mol. The highest BCUT2D eigenvalue weighted by molar-refractivity contribution is 6.32. The predicted octanol–water partition coefficient (Wildman–Crippen LogP) is 5.41. The van der Waals surface area contributed by atoms with Crippen LogP contribution in [0.5, 0.6) is 11.5 Å². The van der Waals surface area contributed by atoms with Gasteiger partial charge in [0.2, 0.25) is 0 Å². The van der Waals surface area contributed by atoms with Gasteiger partial charge in [-0.15, -0.1) is 0 Å². The topological polar surface area (TPSA) is 102 Å². The highest BCUT2D eigenvalue weighted by Crippen LogP contribution is 2.26. The van der Waals surface area contributed by atoms with Gasteiger partial charge in [0.15, 0.2) is 12.4 Å². The van der Waals surface area contributed by atoms with Crippen LogP contribution in [0.2, 0.25) is 5.02 Å². The summed E-state index contributed by atoms with van der Waals surface area (Å²) in [5.41, 5.74) is 4.00. The van der Waals surface area contributed by atoms with Crippen LogP contribution in [0.1, 0.15) is 23.0 Å². The lowest BCUT2D eigenvalue weighted by atomic mass is 10.2. The highest BCUT2D eigenvalue weighted by atomic mass is 35.5. The van der Waals surface area contributed by atoms with Crippen molar-refractivity contribution in [2.45, 2.75) is 6.92 Å². The molecule has 10 heteroatoms. The first-order valence-electron chi connectivity index (χ1n) is 10.9. The number of nitrogens with one attached hydrogen (secondary N) is 2. The van der Waals surface area contributed by atoms with Gasteiger partial charge in [0.05, 0.1) is 17.8 Å². The molecule has 36 heavy (non-hydrogen) atoms. The second-order valence-corrected chi connectivity index (χ2v) is 7.88. The molecule has 0 spiro atoms. The highest BCUT2D eigenvalue weighted by Gasteiger charge is 2.12. The van der Waals surface area contributed by atoms with E-state index < -0.39 is 17.6 Å². The fourth-order valence-corrected chi connectivity index (χ4v) is 3.44. The van der Waals surface area contributed by atoms with Crippen LogP contribution in [-0.2, 0) is 4.79 Å². The van der Waals surface area contributed by atoms with Crippen molar-refractivity contribution in [1.82, 2.24) is 5.43 Å². The summed E-state index contributed by atoms with van der Waals surface area (Å²) in [7, 11) is 0. The molecule has 4 aromatic rings. The van der Waals surface area contributed by atoms with E-state index in [1.807, 2.05) is 6.92 Å². The van der Waals surface area contributed by atoms with Gasteiger partial charge in [0, 0.05) is 11.1 Å². The molecule has 8 nitrogen and oxygen atoms in total. The van der Waals surface area contributed by atoms with Crippen LogP contribution < -0.4 is 20.2 Å². The normalized spacial score (nSPS) is 11.0. The Balaban J connectivity index is 1.30. The molecule has 4 rings (SSSR count). The maximum absolute atomic E-state index is 12.9. The van der Waals surface area contributed by atoms with Gasteiger partial charge in [-0.1, -0.05) is 11.6 Å². The molecule has 2 N–H and O–H groups in total. The molecule has 0 saturated carbocycles. The molecule has 0 unspecified atom stereocenters. The van der Waals surface area contributed by atoms with Crippen molar-refractivity contribution in [3.63, 3.8) is 0 Å². The van der Waals surface area contributed by atoms with Crippen LogP contribution in [-0.4, -0.2) is 31.2 Å². The molecular formula is C26H21ClFN3O5. The molecule has 0 aliphatic rings. The third-order valence-electron chi connectivity index (χ3n) is 4.84. The Kier molecular flexibility index (Phi) is 7.82. The van der Waals surface area contributed by atoms with Gasteiger partial charge in [-0.25, -0.2) is 9.82 Å². The summed E-state index contributed by atoms with van der Waals surface area (Å²) in [6.07, 6.45) is 1.41. The van der Waals surface area contributed by atoms with Crippen molar-refractivity contribution in [3.8, 4) is 11.5 Å². The summed E-state index contributed by atoms with van der Waals surface area (Å²) in [6, 6.07) is 17.1. The summed E-state index contributed by atoms with van der Waals surface area (Å²) >= 11 is 6.24. The predicted molar refractivity (Wildman–Crippen MR) is 134 cm³/mol. The molecular weight excluding hydrogens is 489 g/mol. The number of nitrogens with zero attached hydrogens (tertiary/aromatic N) is 1. The smallest absolute Gasteiger partial charge is 0.307 e. The van der Waals surface area contributed by atoms with Gasteiger partial charge < -0.3 is 19.2 Å². The number of benzene rings is 3. The average Bonchev–Trinajstić information content (AvgIpc) is 3.29. The first-order valence-corrected chi connectivity index (χ1v) is 11.3. The molecule has 0 fully saturated rings. The van der Waals surface area contributed by atoms with Crippen LogP contribution in [0.3, 0.4) is 0 Å². The summed E-state index contributed by atoms with van der Waals surface area (Å²) in [6.45, 7) is 2.14. The van der Waals surface area contributed by atoms with E-state index in [0.29, 0.717) is 34.9 Å². The Morgan fingerprint density at radius 3 is 2.61 bits per heavy atom. The molecule has 2 amide bonds. The average molecular weight is 510 g/mol. The molecule has 0 atom stereocenters. The zero-order valence-electron chi connectivity index (χ0n) is 19.1. The maximum atomic E-state index is 12.9. The number of ether oxygens (including phenoxy) is 2. The number of fused-ring (bicyclic) bond motifs is 1. The molecule has 1 heterocycles. The number of carbonyl (C=O) groups excluding carboxylic acids is 2. The molecule has 0 saturated heterocycles. The minimum absolute atomic E-state index is 0.108. The number of furan rings is 1. The van der Waals surface area contributed by atoms with E-state index in [4.69, 9.17) is 25.5 Å². The minimum Gasteiger partial charge on any atom is -0.494 e. The molecule has 1 aromatic heterocycles. The Labute approximate surface area is 210 Å². The summed E-state index contributed by atoms with van der Waals surface area (Å²) < 4.78 is 29.4. The number of hydrogen-bond acceptors (Lipinski definition) is 6. The molecule has 0 aliphatic carbocycles. The van der Waals surface area contributed by atoms with Crippen molar-refractivity contribution in [2.75, 3.05) is 18.5 Å². The van der Waals surface area contributed by atoms with E-state index in [9.17, 15) is 14.0 Å². The van der Waals surface area contributed by atoms with E-state index in [0.717, 1.165) is 5.39 Å². The number of hydrazone groups is 1. The van der Waals surface area contributed by atoms with Crippen LogP contribution in [0.4, 0.5) is 10.1 Å². The molecule has 3 aromatic carbocycles. The van der Waals surface area contributed by atoms with Gasteiger partial charge in [0.1, 0.15) is 22.9 Å². The first kappa shape index (κ1) is 24.7. The van der Waals surface area contributed by atoms with Gasteiger partial charge in [-0.2, -0.15) is 5.10 Å². The van der Waals surface area contributed by atoms with Crippen LogP contribution >= 0.6 is 11.6 Å². The Morgan fingerprint density at radius 1 is 1.06 bits per heavy atom. The van der Waals surface area contributed by atoms with Gasteiger partial charge >= 0.3 is 5.91 Å². The van der Waals surface area contributed by atoms with E-state index >= 15 is 0 Å². The van der Waals surface area contributed by atoms with Crippen molar-refractivity contribution in [1.29, 1.82) is 0 Å². The number of carbonyl (C=O) groups is 2. The maximum Gasteiger partial charge on any atom is 0.307 e. The number of halogens is 2. The van der Waals surface area contributed by atoms with Crippen molar-refractivity contribution in [2.24, 2.45) is 5.10 Å². The summed E-state index contributed by atoms with van der Waals surface area (Å²) in [4.78, 5) is 24.4. The van der Waals surface area contributed by atoms with Gasteiger partial charge in [-0.3, -0.25) is 9.59 Å². The minimum atomic E-state index is -0.515.